The Morgan fingerprint density at radius 3 is 2.52 bits per heavy atom. The summed E-state index contributed by atoms with van der Waals surface area (Å²) in [4.78, 5) is 38.5. The van der Waals surface area contributed by atoms with Gasteiger partial charge in [0.1, 0.15) is 23.2 Å². The fraction of sp³-hybridized carbons (Fsp3) is 0.222. The molecule has 6 N–H and O–H groups in total. The molecule has 11 heteroatoms. The van der Waals surface area contributed by atoms with E-state index in [1.807, 2.05) is 0 Å². The van der Waals surface area contributed by atoms with Crippen LogP contribution in [0.2, 0.25) is 0 Å². The second-order valence-corrected chi connectivity index (χ2v) is 6.33. The zero-order valence-corrected chi connectivity index (χ0v) is 15.2. The third-order valence-corrected chi connectivity index (χ3v) is 4.43. The van der Waals surface area contributed by atoms with Crippen molar-refractivity contribution in [1.82, 2.24) is 4.98 Å². The molecule has 1 aromatic heterocycles. The lowest BCUT2D eigenvalue weighted by molar-refractivity contribution is 0.0541. The minimum Gasteiger partial charge on any atom is -0.484 e. The highest BCUT2D eigenvalue weighted by molar-refractivity contribution is 6.02. The Hall–Kier alpha value is -4.02. The monoisotopic (exact) mass is 402 g/mol. The Morgan fingerprint density at radius 1 is 1.31 bits per heavy atom. The number of benzene rings is 1. The summed E-state index contributed by atoms with van der Waals surface area (Å²) in [5.74, 6) is -3.15. The molecule has 1 aromatic carbocycles. The summed E-state index contributed by atoms with van der Waals surface area (Å²) >= 11 is 0. The minimum absolute atomic E-state index is 0.0954. The van der Waals surface area contributed by atoms with Gasteiger partial charge >= 0.3 is 18.0 Å². The summed E-state index contributed by atoms with van der Waals surface area (Å²) < 4.78 is 10.9. The fourth-order valence-electron chi connectivity index (χ4n) is 2.92. The van der Waals surface area contributed by atoms with Gasteiger partial charge in [-0.15, -0.1) is 0 Å². The Labute approximate surface area is 164 Å². The number of carbonyl (C=O) groups excluding carboxylic acids is 1. The zero-order valence-electron chi connectivity index (χ0n) is 15.2. The molecule has 2 atom stereocenters. The smallest absolute Gasteiger partial charge is 0.414 e. The van der Waals surface area contributed by atoms with E-state index in [1.165, 1.54) is 4.90 Å². The number of rotatable bonds is 7. The lowest BCUT2D eigenvalue weighted by atomic mass is 10.1. The number of amidine groups is 1. The summed E-state index contributed by atoms with van der Waals surface area (Å²) in [6.07, 6.45) is -0.950. The van der Waals surface area contributed by atoms with E-state index in [0.29, 0.717) is 11.3 Å². The molecule has 1 saturated heterocycles. The molecule has 152 valence electrons. The third-order valence-electron chi connectivity index (χ3n) is 4.43. The van der Waals surface area contributed by atoms with Crippen LogP contribution in [0.15, 0.2) is 30.5 Å². The quantitative estimate of drug-likeness (QED) is 0.341. The molecule has 29 heavy (non-hydrogen) atoms. The molecule has 1 amide bonds. The lowest BCUT2D eigenvalue weighted by Gasteiger charge is -2.19. The maximum absolute atomic E-state index is 12.2. The number of cyclic esters (lactones) is 1. The van der Waals surface area contributed by atoms with Gasteiger partial charge in [-0.2, -0.15) is 0 Å². The third kappa shape index (κ3) is 3.83. The summed E-state index contributed by atoms with van der Waals surface area (Å²) in [7, 11) is 0. The largest absolute Gasteiger partial charge is 0.484 e. The number of nitrogens with zero attached hydrogens (tertiary/aromatic N) is 1. The molecular formula is C18H18N4O7. The first-order chi connectivity index (χ1) is 13.7. The van der Waals surface area contributed by atoms with Gasteiger partial charge in [-0.05, 0) is 31.2 Å². The molecule has 0 radical (unpaired) electrons. The molecule has 0 bridgehead atoms. The first-order valence-electron chi connectivity index (χ1n) is 8.46. The van der Waals surface area contributed by atoms with Crippen LogP contribution < -0.4 is 15.4 Å². The first-order valence-corrected chi connectivity index (χ1v) is 8.46. The predicted molar refractivity (Wildman–Crippen MR) is 99.9 cm³/mol. The normalized spacial score (nSPS) is 16.9. The van der Waals surface area contributed by atoms with Gasteiger partial charge in [0.25, 0.3) is 0 Å². The van der Waals surface area contributed by atoms with Crippen LogP contribution in [0.5, 0.6) is 5.75 Å². The van der Waals surface area contributed by atoms with Crippen molar-refractivity contribution in [2.75, 3.05) is 11.4 Å². The number of aromatic carboxylic acids is 2. The fourth-order valence-corrected chi connectivity index (χ4v) is 2.92. The van der Waals surface area contributed by atoms with Gasteiger partial charge in [0, 0.05) is 17.4 Å². The molecule has 3 rings (SSSR count). The average Bonchev–Trinajstić information content (AvgIpc) is 3.25. The summed E-state index contributed by atoms with van der Waals surface area (Å²) in [6, 6.07) is 6.45. The number of carbonyl (C=O) groups is 3. The summed E-state index contributed by atoms with van der Waals surface area (Å²) in [5.41, 5.74) is 5.45. The molecule has 2 aromatic rings. The van der Waals surface area contributed by atoms with Crippen LogP contribution in [0.4, 0.5) is 10.5 Å². The number of carboxylic acids is 2. The molecule has 2 heterocycles. The van der Waals surface area contributed by atoms with Crippen LogP contribution in [-0.4, -0.2) is 57.8 Å². The number of hydrogen-bond donors (Lipinski definition) is 5. The number of aromatic nitrogens is 1. The van der Waals surface area contributed by atoms with E-state index in [2.05, 4.69) is 4.98 Å². The van der Waals surface area contributed by atoms with E-state index in [9.17, 15) is 19.5 Å². The van der Waals surface area contributed by atoms with Gasteiger partial charge in [-0.1, -0.05) is 0 Å². The van der Waals surface area contributed by atoms with Crippen molar-refractivity contribution >= 4 is 29.6 Å². The molecule has 1 aliphatic heterocycles. The van der Waals surface area contributed by atoms with Crippen molar-refractivity contribution in [3.05, 3.63) is 47.3 Å². The highest BCUT2D eigenvalue weighted by Crippen LogP contribution is 2.28. The Morgan fingerprint density at radius 2 is 1.97 bits per heavy atom. The number of carboxylic acid groups (broad SMARTS) is 2. The Bertz CT molecular complexity index is 983. The average molecular weight is 402 g/mol. The number of ether oxygens (including phenoxy) is 2. The molecule has 0 aliphatic carbocycles. The van der Waals surface area contributed by atoms with Crippen molar-refractivity contribution in [3.8, 4) is 5.75 Å². The lowest BCUT2D eigenvalue weighted by Crippen LogP contribution is -2.33. The van der Waals surface area contributed by atoms with E-state index in [-0.39, 0.29) is 18.1 Å². The molecule has 11 nitrogen and oxygen atoms in total. The van der Waals surface area contributed by atoms with Crippen molar-refractivity contribution < 1.29 is 34.1 Å². The molecule has 1 aliphatic rings. The zero-order chi connectivity index (χ0) is 21.3. The van der Waals surface area contributed by atoms with Crippen LogP contribution >= 0.6 is 0 Å². The number of nitrogens with two attached hydrogens (primary N) is 1. The Balaban J connectivity index is 1.74. The molecule has 1 fully saturated rings. The van der Waals surface area contributed by atoms with E-state index >= 15 is 0 Å². The van der Waals surface area contributed by atoms with Gasteiger partial charge < -0.3 is 30.4 Å². The predicted octanol–water partition coefficient (Wildman–Crippen LogP) is 1.49. The topological polar surface area (TPSA) is 179 Å². The number of aromatic amines is 1. The van der Waals surface area contributed by atoms with Crippen molar-refractivity contribution in [2.45, 2.75) is 19.1 Å². The van der Waals surface area contributed by atoms with Gasteiger partial charge in [0.05, 0.1) is 6.54 Å². The van der Waals surface area contributed by atoms with Crippen LogP contribution in [0.25, 0.3) is 0 Å². The van der Waals surface area contributed by atoms with Gasteiger partial charge in [0.2, 0.25) is 0 Å². The maximum atomic E-state index is 12.2. The SMILES string of the molecule is CC(Oc1c[nH]c(C(=O)O)c1C(=O)O)C1CN(c2ccc(C(=N)N)cc2)C(=O)O1. The minimum atomic E-state index is -1.46. The highest BCUT2D eigenvalue weighted by atomic mass is 16.6. The molecular weight excluding hydrogens is 384 g/mol. The second-order valence-electron chi connectivity index (χ2n) is 6.33. The molecule has 2 unspecified atom stereocenters. The first kappa shape index (κ1) is 19.7. The number of hydrogen-bond acceptors (Lipinski definition) is 6. The van der Waals surface area contributed by atoms with Crippen molar-refractivity contribution in [3.63, 3.8) is 0 Å². The van der Waals surface area contributed by atoms with Crippen LogP contribution in [0.3, 0.4) is 0 Å². The van der Waals surface area contributed by atoms with Crippen LogP contribution in [0, 0.1) is 5.41 Å². The number of nitrogens with one attached hydrogen (secondary N) is 2. The standard InChI is InChI=1S/C18H18N4O7/c1-8(28-11-6-21-14(17(25)26)13(11)16(23)24)12-7-22(18(27)29-12)10-4-2-9(3-5-10)15(19)20/h2-6,8,12,21H,7H2,1H3,(H3,19,20)(H,23,24)(H,25,26). The van der Waals surface area contributed by atoms with Gasteiger partial charge in [-0.25, -0.2) is 14.4 Å². The number of anilines is 1. The second kappa shape index (κ2) is 7.54. The van der Waals surface area contributed by atoms with Crippen LogP contribution in [-0.2, 0) is 4.74 Å². The highest BCUT2D eigenvalue weighted by Gasteiger charge is 2.37. The summed E-state index contributed by atoms with van der Waals surface area (Å²) in [5, 5.41) is 25.8. The summed E-state index contributed by atoms with van der Waals surface area (Å²) in [6.45, 7) is 1.72. The molecule has 0 spiro atoms. The maximum Gasteiger partial charge on any atom is 0.414 e. The van der Waals surface area contributed by atoms with E-state index in [4.69, 9.17) is 25.7 Å². The number of nitrogen functional groups attached to an aromatic ring is 1. The van der Waals surface area contributed by atoms with Crippen LogP contribution in [0.1, 0.15) is 33.3 Å². The van der Waals surface area contributed by atoms with Crippen molar-refractivity contribution in [2.24, 2.45) is 5.73 Å². The van der Waals surface area contributed by atoms with E-state index in [0.717, 1.165) is 6.20 Å². The van der Waals surface area contributed by atoms with E-state index in [1.54, 1.807) is 31.2 Å². The molecule has 0 saturated carbocycles. The van der Waals surface area contributed by atoms with Crippen molar-refractivity contribution in [1.29, 1.82) is 5.41 Å². The Kier molecular flexibility index (Phi) is 5.13. The van der Waals surface area contributed by atoms with Gasteiger partial charge in [0.15, 0.2) is 11.9 Å². The number of H-pyrrole nitrogens is 1. The van der Waals surface area contributed by atoms with Gasteiger partial charge in [-0.3, -0.25) is 10.3 Å². The van der Waals surface area contributed by atoms with E-state index < -0.39 is 41.5 Å². The number of amides is 1.